The number of hydrogen-bond donors (Lipinski definition) is 1. The van der Waals surface area contributed by atoms with Crippen LogP contribution in [0.25, 0.3) is 11.1 Å². The number of nitrogens with zero attached hydrogens (tertiary/aromatic N) is 2. The molecule has 0 spiro atoms. The third-order valence-corrected chi connectivity index (χ3v) is 4.73. The van der Waals surface area contributed by atoms with Gasteiger partial charge in [-0.1, -0.05) is 31.5 Å². The summed E-state index contributed by atoms with van der Waals surface area (Å²) in [5, 5.41) is 12.3. The summed E-state index contributed by atoms with van der Waals surface area (Å²) in [5.41, 5.74) is -0.401. The summed E-state index contributed by atoms with van der Waals surface area (Å²) in [4.78, 5) is 16.1. The maximum absolute atomic E-state index is 14.3. The van der Waals surface area contributed by atoms with E-state index in [9.17, 15) is 14.4 Å². The maximum atomic E-state index is 14.3. The molecule has 6 nitrogen and oxygen atoms in total. The van der Waals surface area contributed by atoms with Crippen LogP contribution in [0.5, 0.6) is 5.75 Å². The van der Waals surface area contributed by atoms with Gasteiger partial charge in [0.1, 0.15) is 24.0 Å². The van der Waals surface area contributed by atoms with Crippen molar-refractivity contribution in [2.45, 2.75) is 59.1 Å². The van der Waals surface area contributed by atoms with Crippen molar-refractivity contribution in [3.05, 3.63) is 47.0 Å². The van der Waals surface area contributed by atoms with E-state index in [1.165, 1.54) is 18.3 Å². The van der Waals surface area contributed by atoms with Gasteiger partial charge in [-0.05, 0) is 63.8 Å². The van der Waals surface area contributed by atoms with Gasteiger partial charge in [-0.15, -0.1) is 0 Å². The molecule has 0 aliphatic carbocycles. The average Bonchev–Trinajstić information content (AvgIpc) is 2.66. The molecule has 2 aromatic rings. The molecule has 0 aliphatic heterocycles. The van der Waals surface area contributed by atoms with Gasteiger partial charge in [-0.25, -0.2) is 14.2 Å². The molecule has 0 radical (unpaired) electrons. The molecule has 2 rings (SSSR count). The number of aromatic nitrogens is 1. The first kappa shape index (κ1) is 25.4. The number of alkyl carbamates (subject to hydrolysis) is 1. The van der Waals surface area contributed by atoms with Gasteiger partial charge in [-0.2, -0.15) is 5.26 Å². The molecule has 1 aromatic heterocycles. The molecule has 1 heterocycles. The first-order valence-corrected chi connectivity index (χ1v) is 10.7. The summed E-state index contributed by atoms with van der Waals surface area (Å²) in [5.74, 6) is -0.0497. The lowest BCUT2D eigenvalue weighted by Gasteiger charge is -2.33. The van der Waals surface area contributed by atoms with E-state index in [-0.39, 0.29) is 28.8 Å². The summed E-state index contributed by atoms with van der Waals surface area (Å²) in [7, 11) is 0. The van der Waals surface area contributed by atoms with Crippen LogP contribution < -0.4 is 10.1 Å². The minimum atomic E-state index is -0.730. The molecular formula is C24H29ClFN3O3. The minimum Gasteiger partial charge on any atom is -0.490 e. The SMILES string of the molecule is CC(C)CC(C)(COc1ccc(-c2ccnc(Cl)c2F)cc1C#N)NC(=O)OC(C)(C)C. The van der Waals surface area contributed by atoms with E-state index >= 15 is 0 Å². The lowest BCUT2D eigenvalue weighted by molar-refractivity contribution is 0.0408. The van der Waals surface area contributed by atoms with Crippen molar-refractivity contribution in [1.82, 2.24) is 10.3 Å². The second-order valence-electron chi connectivity index (χ2n) is 9.36. The molecular weight excluding hydrogens is 433 g/mol. The van der Waals surface area contributed by atoms with E-state index < -0.39 is 23.1 Å². The second-order valence-corrected chi connectivity index (χ2v) is 9.72. The van der Waals surface area contributed by atoms with E-state index in [2.05, 4.69) is 16.4 Å². The van der Waals surface area contributed by atoms with Crippen LogP contribution in [0.3, 0.4) is 0 Å². The number of amides is 1. The highest BCUT2D eigenvalue weighted by Gasteiger charge is 2.31. The van der Waals surface area contributed by atoms with E-state index in [0.29, 0.717) is 17.7 Å². The lowest BCUT2D eigenvalue weighted by atomic mass is 9.91. The molecule has 1 unspecified atom stereocenters. The molecule has 1 amide bonds. The normalized spacial score (nSPS) is 13.2. The molecule has 0 fully saturated rings. The number of ether oxygens (including phenoxy) is 2. The Morgan fingerprint density at radius 1 is 1.28 bits per heavy atom. The number of pyridine rings is 1. The Bertz CT molecular complexity index is 1010. The first-order valence-electron chi connectivity index (χ1n) is 10.3. The monoisotopic (exact) mass is 461 g/mol. The van der Waals surface area contributed by atoms with Crippen molar-refractivity contribution < 1.29 is 18.7 Å². The largest absolute Gasteiger partial charge is 0.490 e. The van der Waals surface area contributed by atoms with Crippen LogP contribution in [0.15, 0.2) is 30.5 Å². The highest BCUT2D eigenvalue weighted by atomic mass is 35.5. The van der Waals surface area contributed by atoms with Gasteiger partial charge in [0, 0.05) is 11.8 Å². The van der Waals surface area contributed by atoms with Crippen LogP contribution in [0, 0.1) is 23.1 Å². The molecule has 1 atom stereocenters. The van der Waals surface area contributed by atoms with Gasteiger partial charge in [0.05, 0.1) is 11.1 Å². The highest BCUT2D eigenvalue weighted by Crippen LogP contribution is 2.31. The Morgan fingerprint density at radius 3 is 2.56 bits per heavy atom. The Morgan fingerprint density at radius 2 is 1.97 bits per heavy atom. The molecule has 0 bridgehead atoms. The lowest BCUT2D eigenvalue weighted by Crippen LogP contribution is -2.52. The van der Waals surface area contributed by atoms with E-state index in [1.54, 1.807) is 32.9 Å². The second kappa shape index (κ2) is 10.2. The van der Waals surface area contributed by atoms with Gasteiger partial charge in [0.2, 0.25) is 0 Å². The summed E-state index contributed by atoms with van der Waals surface area (Å²) in [6.07, 6.45) is 1.49. The molecule has 1 N–H and O–H groups in total. The van der Waals surface area contributed by atoms with Gasteiger partial charge < -0.3 is 14.8 Å². The number of carbonyl (C=O) groups is 1. The van der Waals surface area contributed by atoms with Crippen molar-refractivity contribution in [2.75, 3.05) is 6.61 Å². The fraction of sp³-hybridized carbons (Fsp3) is 0.458. The zero-order valence-corrected chi connectivity index (χ0v) is 20.0. The minimum absolute atomic E-state index is 0.119. The standard InChI is InChI=1S/C24H29ClFN3O3/c1-15(2)12-24(6,29-22(30)32-23(3,4)5)14-31-19-8-7-16(11-17(19)13-27)18-9-10-28-21(25)20(18)26/h7-11,15H,12,14H2,1-6H3,(H,29,30). The predicted octanol–water partition coefficient (Wildman–Crippen LogP) is 6.12. The fourth-order valence-electron chi connectivity index (χ4n) is 3.39. The van der Waals surface area contributed by atoms with Crippen molar-refractivity contribution in [3.63, 3.8) is 0 Å². The van der Waals surface area contributed by atoms with Crippen LogP contribution in [0.1, 0.15) is 53.5 Å². The van der Waals surface area contributed by atoms with Crippen molar-refractivity contribution >= 4 is 17.7 Å². The van der Waals surface area contributed by atoms with E-state index in [0.717, 1.165) is 0 Å². The number of halogens is 2. The number of hydrogen-bond acceptors (Lipinski definition) is 5. The molecule has 172 valence electrons. The summed E-state index contributed by atoms with van der Waals surface area (Å²) in [6.45, 7) is 11.4. The van der Waals surface area contributed by atoms with Gasteiger partial charge in [0.25, 0.3) is 0 Å². The Labute approximate surface area is 193 Å². The van der Waals surface area contributed by atoms with Gasteiger partial charge in [-0.3, -0.25) is 0 Å². The van der Waals surface area contributed by atoms with Crippen molar-refractivity contribution in [1.29, 1.82) is 5.26 Å². The Balaban J connectivity index is 2.24. The number of carbonyl (C=O) groups excluding carboxylic acids is 1. The van der Waals surface area contributed by atoms with Gasteiger partial charge >= 0.3 is 6.09 Å². The zero-order valence-electron chi connectivity index (χ0n) is 19.3. The predicted molar refractivity (Wildman–Crippen MR) is 122 cm³/mol. The Kier molecular flexibility index (Phi) is 8.08. The van der Waals surface area contributed by atoms with Crippen LogP contribution in [-0.4, -0.2) is 28.8 Å². The third kappa shape index (κ3) is 7.10. The van der Waals surface area contributed by atoms with Crippen LogP contribution in [0.4, 0.5) is 9.18 Å². The van der Waals surface area contributed by atoms with Crippen LogP contribution in [0.2, 0.25) is 5.15 Å². The van der Waals surface area contributed by atoms with E-state index in [1.807, 2.05) is 20.8 Å². The average molecular weight is 462 g/mol. The Hall–Kier alpha value is -2.85. The fourth-order valence-corrected chi connectivity index (χ4v) is 3.54. The van der Waals surface area contributed by atoms with Crippen molar-refractivity contribution in [3.8, 4) is 22.9 Å². The number of benzene rings is 1. The molecule has 32 heavy (non-hydrogen) atoms. The van der Waals surface area contributed by atoms with Crippen LogP contribution >= 0.6 is 11.6 Å². The molecule has 0 saturated heterocycles. The number of rotatable bonds is 7. The quantitative estimate of drug-likeness (QED) is 0.502. The topological polar surface area (TPSA) is 84.2 Å². The summed E-state index contributed by atoms with van der Waals surface area (Å²) < 4.78 is 25.7. The van der Waals surface area contributed by atoms with E-state index in [4.69, 9.17) is 21.1 Å². The molecule has 0 aliphatic rings. The van der Waals surface area contributed by atoms with Crippen molar-refractivity contribution in [2.24, 2.45) is 5.92 Å². The first-order chi connectivity index (χ1) is 14.8. The molecule has 1 aromatic carbocycles. The number of nitrogens with one attached hydrogen (secondary N) is 1. The molecule has 0 saturated carbocycles. The number of nitriles is 1. The summed E-state index contributed by atoms with van der Waals surface area (Å²) in [6, 6.07) is 8.35. The maximum Gasteiger partial charge on any atom is 0.408 e. The molecule has 8 heteroatoms. The zero-order chi connectivity index (χ0) is 24.1. The smallest absolute Gasteiger partial charge is 0.408 e. The van der Waals surface area contributed by atoms with Gasteiger partial charge in [0.15, 0.2) is 11.0 Å². The van der Waals surface area contributed by atoms with Crippen LogP contribution in [-0.2, 0) is 4.74 Å². The third-order valence-electron chi connectivity index (χ3n) is 4.47. The summed E-state index contributed by atoms with van der Waals surface area (Å²) >= 11 is 5.77. The highest BCUT2D eigenvalue weighted by molar-refractivity contribution is 6.29.